The molecule has 0 bridgehead atoms. The average molecular weight is 380 g/mol. The van der Waals surface area contributed by atoms with E-state index in [0.717, 1.165) is 15.6 Å². The van der Waals surface area contributed by atoms with Crippen LogP contribution in [-0.4, -0.2) is 0 Å². The lowest BCUT2D eigenvalue weighted by atomic mass is 9.95. The van der Waals surface area contributed by atoms with Crippen LogP contribution in [0.1, 0.15) is 22.1 Å². The molecule has 3 rings (SSSR count). The predicted molar refractivity (Wildman–Crippen MR) is 95.5 cm³/mol. The Morgan fingerprint density at radius 3 is 2.29 bits per heavy atom. The zero-order chi connectivity index (χ0) is 15.0. The second-order valence-corrected chi connectivity index (χ2v) is 6.80. The molecule has 3 heteroatoms. The Labute approximate surface area is 142 Å². The minimum atomic E-state index is -0.268. The average Bonchev–Trinajstić information content (AvgIpc) is 2.47. The van der Waals surface area contributed by atoms with Crippen molar-refractivity contribution >= 4 is 49.9 Å². The van der Waals surface area contributed by atoms with E-state index in [2.05, 4.69) is 53.2 Å². The molecule has 0 saturated heterocycles. The number of halogens is 3. The van der Waals surface area contributed by atoms with Gasteiger partial charge in [-0.15, -0.1) is 11.6 Å². The molecule has 0 fully saturated rings. The molecule has 0 amide bonds. The quantitative estimate of drug-likeness (QED) is 0.425. The standard InChI is InChI=1S/C18H13BrCl2/c1-11-6-8-15(14-5-3-2-4-13(11)14)18(21)16-9-7-12(19)10-17(16)20/h2-10,18H,1H3. The largest absolute Gasteiger partial charge is 0.113 e. The lowest BCUT2D eigenvalue weighted by molar-refractivity contribution is 1.15. The van der Waals surface area contributed by atoms with Crippen LogP contribution in [0.15, 0.2) is 59.1 Å². The summed E-state index contributed by atoms with van der Waals surface area (Å²) in [6.45, 7) is 2.11. The van der Waals surface area contributed by atoms with E-state index >= 15 is 0 Å². The summed E-state index contributed by atoms with van der Waals surface area (Å²) >= 11 is 16.5. The fraction of sp³-hybridized carbons (Fsp3) is 0.111. The van der Waals surface area contributed by atoms with Gasteiger partial charge >= 0.3 is 0 Å². The molecule has 21 heavy (non-hydrogen) atoms. The number of rotatable bonds is 2. The SMILES string of the molecule is Cc1ccc(C(Cl)c2ccc(Br)cc2Cl)c2ccccc12. The summed E-state index contributed by atoms with van der Waals surface area (Å²) in [6, 6.07) is 18.3. The maximum absolute atomic E-state index is 6.72. The highest BCUT2D eigenvalue weighted by molar-refractivity contribution is 9.10. The van der Waals surface area contributed by atoms with Gasteiger partial charge in [0.2, 0.25) is 0 Å². The Morgan fingerprint density at radius 1 is 0.905 bits per heavy atom. The van der Waals surface area contributed by atoms with Gasteiger partial charge in [0.15, 0.2) is 0 Å². The van der Waals surface area contributed by atoms with Crippen LogP contribution >= 0.6 is 39.1 Å². The molecule has 0 aliphatic carbocycles. The number of benzene rings is 3. The van der Waals surface area contributed by atoms with E-state index < -0.39 is 0 Å². The fourth-order valence-electron chi connectivity index (χ4n) is 2.57. The molecule has 1 atom stereocenters. The van der Waals surface area contributed by atoms with Crippen molar-refractivity contribution in [2.75, 3.05) is 0 Å². The Balaban J connectivity index is 2.18. The van der Waals surface area contributed by atoms with Crippen LogP contribution in [0.25, 0.3) is 10.8 Å². The van der Waals surface area contributed by atoms with Gasteiger partial charge in [-0.05, 0) is 46.5 Å². The van der Waals surface area contributed by atoms with Gasteiger partial charge in [-0.1, -0.05) is 70.0 Å². The molecule has 1 unspecified atom stereocenters. The molecule has 0 saturated carbocycles. The second-order valence-electron chi connectivity index (χ2n) is 5.05. The van der Waals surface area contributed by atoms with Crippen molar-refractivity contribution in [1.82, 2.24) is 0 Å². The van der Waals surface area contributed by atoms with Crippen LogP contribution < -0.4 is 0 Å². The van der Waals surface area contributed by atoms with Gasteiger partial charge in [0, 0.05) is 9.50 Å². The van der Waals surface area contributed by atoms with E-state index in [4.69, 9.17) is 23.2 Å². The first-order valence-electron chi connectivity index (χ1n) is 6.65. The van der Waals surface area contributed by atoms with E-state index in [1.54, 1.807) is 0 Å². The van der Waals surface area contributed by atoms with E-state index in [-0.39, 0.29) is 5.38 Å². The fourth-order valence-corrected chi connectivity index (χ4v) is 3.79. The summed E-state index contributed by atoms with van der Waals surface area (Å²) in [5, 5.41) is 2.82. The Morgan fingerprint density at radius 2 is 1.57 bits per heavy atom. The van der Waals surface area contributed by atoms with E-state index in [0.29, 0.717) is 5.02 Å². The predicted octanol–water partition coefficient (Wildman–Crippen LogP) is 6.89. The van der Waals surface area contributed by atoms with Crippen molar-refractivity contribution in [3.05, 3.63) is 80.8 Å². The number of aryl methyl sites for hydroxylation is 1. The van der Waals surface area contributed by atoms with Crippen molar-refractivity contribution in [2.24, 2.45) is 0 Å². The van der Waals surface area contributed by atoms with Gasteiger partial charge in [-0.3, -0.25) is 0 Å². The topological polar surface area (TPSA) is 0 Å². The van der Waals surface area contributed by atoms with Gasteiger partial charge in [-0.2, -0.15) is 0 Å². The molecular formula is C18H13BrCl2. The van der Waals surface area contributed by atoms with E-state index in [9.17, 15) is 0 Å². The first kappa shape index (κ1) is 14.9. The third-order valence-corrected chi connectivity index (χ3v) is 4.98. The second kappa shape index (κ2) is 6.00. The summed E-state index contributed by atoms with van der Waals surface area (Å²) < 4.78 is 0.953. The molecular weight excluding hydrogens is 367 g/mol. The molecule has 0 radical (unpaired) electrons. The smallest absolute Gasteiger partial charge is 0.0855 e. The van der Waals surface area contributed by atoms with Gasteiger partial charge in [-0.25, -0.2) is 0 Å². The Hall–Kier alpha value is -1.02. The number of alkyl halides is 1. The van der Waals surface area contributed by atoms with Gasteiger partial charge < -0.3 is 0 Å². The number of hydrogen-bond acceptors (Lipinski definition) is 0. The van der Waals surface area contributed by atoms with Gasteiger partial charge in [0.05, 0.1) is 5.38 Å². The van der Waals surface area contributed by atoms with Crippen molar-refractivity contribution in [3.63, 3.8) is 0 Å². The number of fused-ring (bicyclic) bond motifs is 1. The molecule has 0 aliphatic rings. The molecule has 0 spiro atoms. The number of hydrogen-bond donors (Lipinski definition) is 0. The Kier molecular flexibility index (Phi) is 4.26. The van der Waals surface area contributed by atoms with Crippen molar-refractivity contribution in [3.8, 4) is 0 Å². The van der Waals surface area contributed by atoms with Crippen LogP contribution in [0.4, 0.5) is 0 Å². The third kappa shape index (κ3) is 2.83. The van der Waals surface area contributed by atoms with Crippen molar-refractivity contribution < 1.29 is 0 Å². The normalized spacial score (nSPS) is 12.6. The molecule has 3 aromatic rings. The third-order valence-electron chi connectivity index (χ3n) is 3.68. The van der Waals surface area contributed by atoms with Crippen molar-refractivity contribution in [2.45, 2.75) is 12.3 Å². The maximum Gasteiger partial charge on any atom is 0.0855 e. The first-order chi connectivity index (χ1) is 10.1. The Bertz CT molecular complexity index is 811. The molecule has 106 valence electrons. The maximum atomic E-state index is 6.72. The summed E-state index contributed by atoms with van der Waals surface area (Å²) in [4.78, 5) is 0. The lowest BCUT2D eigenvalue weighted by Crippen LogP contribution is -1.96. The van der Waals surface area contributed by atoms with Crippen LogP contribution in [0.5, 0.6) is 0 Å². The first-order valence-corrected chi connectivity index (χ1v) is 8.26. The summed E-state index contributed by atoms with van der Waals surface area (Å²) in [6.07, 6.45) is 0. The molecule has 0 N–H and O–H groups in total. The highest BCUT2D eigenvalue weighted by Gasteiger charge is 2.17. The summed E-state index contributed by atoms with van der Waals surface area (Å²) in [5.41, 5.74) is 3.26. The van der Waals surface area contributed by atoms with Crippen LogP contribution in [0, 0.1) is 6.92 Å². The van der Waals surface area contributed by atoms with E-state index in [1.165, 1.54) is 16.3 Å². The molecule has 0 aliphatic heterocycles. The minimum Gasteiger partial charge on any atom is -0.113 e. The van der Waals surface area contributed by atoms with E-state index in [1.807, 2.05) is 24.3 Å². The zero-order valence-corrected chi connectivity index (χ0v) is 14.5. The lowest BCUT2D eigenvalue weighted by Gasteiger charge is -2.16. The van der Waals surface area contributed by atoms with Crippen LogP contribution in [0.3, 0.4) is 0 Å². The molecule has 0 heterocycles. The highest BCUT2D eigenvalue weighted by Crippen LogP contribution is 2.38. The van der Waals surface area contributed by atoms with Gasteiger partial charge in [0.25, 0.3) is 0 Å². The molecule has 3 aromatic carbocycles. The monoisotopic (exact) mass is 378 g/mol. The van der Waals surface area contributed by atoms with Crippen LogP contribution in [0.2, 0.25) is 5.02 Å². The van der Waals surface area contributed by atoms with Gasteiger partial charge in [0.1, 0.15) is 0 Å². The zero-order valence-electron chi connectivity index (χ0n) is 11.4. The van der Waals surface area contributed by atoms with Crippen LogP contribution in [-0.2, 0) is 0 Å². The summed E-state index contributed by atoms with van der Waals surface area (Å²) in [5.74, 6) is 0. The van der Waals surface area contributed by atoms with Crippen molar-refractivity contribution in [1.29, 1.82) is 0 Å². The highest BCUT2D eigenvalue weighted by atomic mass is 79.9. The summed E-state index contributed by atoms with van der Waals surface area (Å²) in [7, 11) is 0. The minimum absolute atomic E-state index is 0.268. The molecule has 0 nitrogen and oxygen atoms in total. The molecule has 0 aromatic heterocycles.